The minimum absolute atomic E-state index is 0.0109. The normalized spacial score (nSPS) is 17.0. The molecule has 1 N–H and O–H groups in total. The van der Waals surface area contributed by atoms with Crippen LogP contribution >= 0.6 is 15.9 Å². The summed E-state index contributed by atoms with van der Waals surface area (Å²) in [5.41, 5.74) is 1.86. The number of sulfonamides is 1. The molecule has 1 amide bonds. The summed E-state index contributed by atoms with van der Waals surface area (Å²) in [6, 6.07) is 17.3. The molecule has 2 aromatic rings. The van der Waals surface area contributed by atoms with Crippen LogP contribution in [0.25, 0.3) is 0 Å². The molecule has 1 saturated heterocycles. The van der Waals surface area contributed by atoms with E-state index in [2.05, 4.69) is 28.2 Å². The summed E-state index contributed by atoms with van der Waals surface area (Å²) >= 11 is 3.36. The number of hydrogen-bond donors (Lipinski definition) is 1. The molecule has 3 rings (SSSR count). The van der Waals surface area contributed by atoms with Gasteiger partial charge in [-0.1, -0.05) is 65.3 Å². The van der Waals surface area contributed by atoms with Crippen LogP contribution in [0.1, 0.15) is 43.4 Å². The fourth-order valence-corrected chi connectivity index (χ4v) is 5.50. The first-order chi connectivity index (χ1) is 13.9. The van der Waals surface area contributed by atoms with Crippen LogP contribution in [0.2, 0.25) is 0 Å². The zero-order chi connectivity index (χ0) is 20.9. The quantitative estimate of drug-likeness (QED) is 0.646. The van der Waals surface area contributed by atoms with Gasteiger partial charge in [-0.3, -0.25) is 4.79 Å². The molecule has 1 atom stereocenters. The Morgan fingerprint density at radius 3 is 2.31 bits per heavy atom. The first-order valence-electron chi connectivity index (χ1n) is 9.96. The molecule has 1 unspecified atom stereocenters. The number of halogens is 1. The van der Waals surface area contributed by atoms with E-state index in [9.17, 15) is 13.2 Å². The monoisotopic (exact) mass is 478 g/mol. The maximum absolute atomic E-state index is 12.7. The minimum Gasteiger partial charge on any atom is -0.349 e. The highest BCUT2D eigenvalue weighted by atomic mass is 79.9. The summed E-state index contributed by atoms with van der Waals surface area (Å²) < 4.78 is 27.9. The Bertz CT molecular complexity index is 909. The van der Waals surface area contributed by atoms with E-state index in [-0.39, 0.29) is 23.6 Å². The molecule has 0 aliphatic carbocycles. The van der Waals surface area contributed by atoms with E-state index in [0.29, 0.717) is 25.9 Å². The van der Waals surface area contributed by atoms with Gasteiger partial charge in [0.05, 0.1) is 11.8 Å². The average molecular weight is 479 g/mol. The standard InChI is InChI=1S/C22H27BrN2O3S/c1-2-21(18-6-4-3-5-7-18)24-22(26)19-12-14-25(15-13-19)29(27,28)16-17-8-10-20(23)11-9-17/h3-11,19,21H,2,12-16H2,1H3,(H,24,26). The van der Waals surface area contributed by atoms with Crippen molar-refractivity contribution in [3.8, 4) is 0 Å². The molecular formula is C22H27BrN2O3S. The Hall–Kier alpha value is -1.70. The van der Waals surface area contributed by atoms with Crippen LogP contribution in [0.4, 0.5) is 0 Å². The van der Waals surface area contributed by atoms with Crippen LogP contribution in [-0.2, 0) is 20.6 Å². The molecule has 1 heterocycles. The molecule has 0 spiro atoms. The van der Waals surface area contributed by atoms with Gasteiger partial charge in [0.2, 0.25) is 15.9 Å². The van der Waals surface area contributed by atoms with E-state index in [0.717, 1.165) is 22.0 Å². The molecular weight excluding hydrogens is 452 g/mol. The van der Waals surface area contributed by atoms with Gasteiger partial charge in [-0.15, -0.1) is 0 Å². The second-order valence-electron chi connectivity index (χ2n) is 7.44. The van der Waals surface area contributed by atoms with Crippen molar-refractivity contribution >= 4 is 31.9 Å². The lowest BCUT2D eigenvalue weighted by atomic mass is 9.96. The van der Waals surface area contributed by atoms with Crippen LogP contribution in [0.3, 0.4) is 0 Å². The smallest absolute Gasteiger partial charge is 0.223 e. The van der Waals surface area contributed by atoms with Crippen LogP contribution in [0.5, 0.6) is 0 Å². The maximum Gasteiger partial charge on any atom is 0.223 e. The number of benzene rings is 2. The molecule has 1 aliphatic heterocycles. The lowest BCUT2D eigenvalue weighted by Crippen LogP contribution is -2.44. The number of amides is 1. The third-order valence-electron chi connectivity index (χ3n) is 5.41. The number of hydrogen-bond acceptors (Lipinski definition) is 3. The van der Waals surface area contributed by atoms with E-state index in [1.165, 1.54) is 4.31 Å². The molecule has 0 saturated carbocycles. The van der Waals surface area contributed by atoms with Gasteiger partial charge < -0.3 is 5.32 Å². The maximum atomic E-state index is 12.7. The van der Waals surface area contributed by atoms with Gasteiger partial charge in [-0.2, -0.15) is 0 Å². The molecule has 5 nitrogen and oxygen atoms in total. The molecule has 0 radical (unpaired) electrons. The van der Waals surface area contributed by atoms with Crippen molar-refractivity contribution in [2.75, 3.05) is 13.1 Å². The predicted molar refractivity (Wildman–Crippen MR) is 119 cm³/mol. The highest BCUT2D eigenvalue weighted by molar-refractivity contribution is 9.10. The lowest BCUT2D eigenvalue weighted by molar-refractivity contribution is -0.126. The number of carbonyl (C=O) groups excluding carboxylic acids is 1. The Morgan fingerprint density at radius 1 is 1.10 bits per heavy atom. The number of carbonyl (C=O) groups is 1. The summed E-state index contributed by atoms with van der Waals surface area (Å²) in [6.07, 6.45) is 1.92. The van der Waals surface area contributed by atoms with Gasteiger partial charge in [0.25, 0.3) is 0 Å². The van der Waals surface area contributed by atoms with Gasteiger partial charge >= 0.3 is 0 Å². The van der Waals surface area contributed by atoms with Crippen LogP contribution in [-0.4, -0.2) is 31.7 Å². The molecule has 7 heteroatoms. The molecule has 2 aromatic carbocycles. The topological polar surface area (TPSA) is 66.5 Å². The van der Waals surface area contributed by atoms with Crippen molar-refractivity contribution in [3.05, 3.63) is 70.2 Å². The van der Waals surface area contributed by atoms with Crippen LogP contribution < -0.4 is 5.32 Å². The Balaban J connectivity index is 1.55. The summed E-state index contributed by atoms with van der Waals surface area (Å²) in [4.78, 5) is 12.7. The highest BCUT2D eigenvalue weighted by Gasteiger charge is 2.31. The average Bonchev–Trinajstić information content (AvgIpc) is 2.74. The van der Waals surface area contributed by atoms with Crippen LogP contribution in [0, 0.1) is 5.92 Å². The largest absolute Gasteiger partial charge is 0.349 e. The SMILES string of the molecule is CCC(NC(=O)C1CCN(S(=O)(=O)Cc2ccc(Br)cc2)CC1)c1ccccc1. The van der Waals surface area contributed by atoms with Crippen molar-refractivity contribution in [1.29, 1.82) is 0 Å². The van der Waals surface area contributed by atoms with E-state index in [1.807, 2.05) is 54.6 Å². The van der Waals surface area contributed by atoms with E-state index in [4.69, 9.17) is 0 Å². The van der Waals surface area contributed by atoms with Gasteiger partial charge in [0.1, 0.15) is 0 Å². The molecule has 156 valence electrons. The van der Waals surface area contributed by atoms with Crippen molar-refractivity contribution in [3.63, 3.8) is 0 Å². The number of nitrogens with zero attached hydrogens (tertiary/aromatic N) is 1. The third-order valence-corrected chi connectivity index (χ3v) is 7.79. The van der Waals surface area contributed by atoms with Gasteiger partial charge in [-0.25, -0.2) is 12.7 Å². The first-order valence-corrected chi connectivity index (χ1v) is 12.4. The van der Waals surface area contributed by atoms with Crippen molar-refractivity contribution < 1.29 is 13.2 Å². The number of nitrogens with one attached hydrogen (secondary N) is 1. The second-order valence-corrected chi connectivity index (χ2v) is 10.3. The number of piperidine rings is 1. The predicted octanol–water partition coefficient (Wildman–Crippen LogP) is 4.26. The number of rotatable bonds is 7. The molecule has 1 fully saturated rings. The zero-order valence-corrected chi connectivity index (χ0v) is 19.0. The highest BCUT2D eigenvalue weighted by Crippen LogP contribution is 2.24. The molecule has 29 heavy (non-hydrogen) atoms. The summed E-state index contributed by atoms with van der Waals surface area (Å²) in [5, 5.41) is 3.14. The van der Waals surface area contributed by atoms with E-state index < -0.39 is 10.0 Å². The lowest BCUT2D eigenvalue weighted by Gasteiger charge is -2.31. The van der Waals surface area contributed by atoms with Crippen molar-refractivity contribution in [2.45, 2.75) is 38.0 Å². The Morgan fingerprint density at radius 2 is 1.72 bits per heavy atom. The molecule has 0 aromatic heterocycles. The minimum atomic E-state index is -3.38. The van der Waals surface area contributed by atoms with Crippen LogP contribution in [0.15, 0.2) is 59.1 Å². The van der Waals surface area contributed by atoms with Gasteiger partial charge in [0, 0.05) is 23.5 Å². The summed E-state index contributed by atoms with van der Waals surface area (Å²) in [6.45, 7) is 2.83. The second kappa shape index (κ2) is 9.87. The van der Waals surface area contributed by atoms with Crippen molar-refractivity contribution in [1.82, 2.24) is 9.62 Å². The summed E-state index contributed by atoms with van der Waals surface area (Å²) in [5.74, 6) is -0.138. The molecule has 0 bridgehead atoms. The van der Waals surface area contributed by atoms with Gasteiger partial charge in [-0.05, 0) is 42.5 Å². The molecule has 1 aliphatic rings. The summed E-state index contributed by atoms with van der Waals surface area (Å²) in [7, 11) is -3.38. The van der Waals surface area contributed by atoms with E-state index in [1.54, 1.807) is 0 Å². The fraction of sp³-hybridized carbons (Fsp3) is 0.409. The van der Waals surface area contributed by atoms with E-state index >= 15 is 0 Å². The Kier molecular flexibility index (Phi) is 7.49. The Labute approximate surface area is 181 Å². The third kappa shape index (κ3) is 5.90. The fourth-order valence-electron chi connectivity index (χ4n) is 3.67. The van der Waals surface area contributed by atoms with Crippen molar-refractivity contribution in [2.24, 2.45) is 5.92 Å². The first kappa shape index (κ1) is 22.0. The van der Waals surface area contributed by atoms with Gasteiger partial charge in [0.15, 0.2) is 0 Å². The zero-order valence-electron chi connectivity index (χ0n) is 16.6.